The third kappa shape index (κ3) is 3.83. The summed E-state index contributed by atoms with van der Waals surface area (Å²) in [6.07, 6.45) is 2.91. The van der Waals surface area contributed by atoms with E-state index in [1.54, 1.807) is 6.26 Å². The number of nitrogens with one attached hydrogen (secondary N) is 1. The molecule has 2 nitrogen and oxygen atoms in total. The first-order valence-electron chi connectivity index (χ1n) is 5.93. The molecule has 0 aliphatic carbocycles. The average molecular weight is 269 g/mol. The zero-order valence-electron chi connectivity index (χ0n) is 10.3. The Bertz CT molecular complexity index is 383. The molecule has 0 aromatic heterocycles. The fraction of sp³-hybridized carbons (Fsp3) is 0.538. The molecule has 1 aliphatic rings. The highest BCUT2D eigenvalue weighted by molar-refractivity contribution is 8.00. The van der Waals surface area contributed by atoms with Crippen molar-refractivity contribution in [3.63, 3.8) is 0 Å². The highest BCUT2D eigenvalue weighted by atomic mass is 32.2. The molecule has 0 radical (unpaired) electrons. The van der Waals surface area contributed by atoms with Crippen LogP contribution in [0.1, 0.15) is 12.5 Å². The molecular formula is C13H19NOS2. The quantitative estimate of drug-likeness (QED) is 0.887. The summed E-state index contributed by atoms with van der Waals surface area (Å²) in [4.78, 5) is 1.42. The van der Waals surface area contributed by atoms with Crippen molar-refractivity contribution in [3.8, 4) is 0 Å². The summed E-state index contributed by atoms with van der Waals surface area (Å²) >= 11 is 1.96. The van der Waals surface area contributed by atoms with Crippen molar-refractivity contribution in [2.45, 2.75) is 29.5 Å². The summed E-state index contributed by atoms with van der Waals surface area (Å²) in [5.74, 6) is 0.740. The van der Waals surface area contributed by atoms with Crippen LogP contribution in [0.25, 0.3) is 0 Å². The van der Waals surface area contributed by atoms with Gasteiger partial charge in [0.15, 0.2) is 0 Å². The van der Waals surface area contributed by atoms with Crippen molar-refractivity contribution in [3.05, 3.63) is 29.8 Å². The molecule has 0 amide bonds. The van der Waals surface area contributed by atoms with E-state index in [0.717, 1.165) is 18.7 Å². The van der Waals surface area contributed by atoms with Gasteiger partial charge in [-0.25, -0.2) is 0 Å². The standard InChI is InChI=1S/C13H19NOS2/c1-10(9-17(2)15)14-8-12-7-11-5-3-4-6-13(11)16-12/h3-6,10,12,14H,7-9H2,1-2H3. The predicted octanol–water partition coefficient (Wildman–Crippen LogP) is 2.06. The summed E-state index contributed by atoms with van der Waals surface area (Å²) in [6.45, 7) is 3.10. The Labute approximate surface area is 110 Å². The summed E-state index contributed by atoms with van der Waals surface area (Å²) in [5, 5.41) is 4.10. The molecule has 0 saturated heterocycles. The maximum atomic E-state index is 11.1. The van der Waals surface area contributed by atoms with E-state index < -0.39 is 10.8 Å². The molecule has 3 atom stereocenters. The van der Waals surface area contributed by atoms with Gasteiger partial charge in [0.25, 0.3) is 0 Å². The molecule has 0 spiro atoms. The third-order valence-electron chi connectivity index (χ3n) is 2.89. The van der Waals surface area contributed by atoms with Crippen molar-refractivity contribution in [1.82, 2.24) is 5.32 Å². The minimum atomic E-state index is -0.708. The van der Waals surface area contributed by atoms with Crippen molar-refractivity contribution < 1.29 is 4.21 Å². The number of thioether (sulfide) groups is 1. The first-order valence-corrected chi connectivity index (χ1v) is 8.54. The SMILES string of the molecule is CC(CS(C)=O)NCC1Cc2ccccc2S1. The van der Waals surface area contributed by atoms with Crippen molar-refractivity contribution in [2.75, 3.05) is 18.6 Å². The van der Waals surface area contributed by atoms with Gasteiger partial charge in [0, 0.05) is 45.5 Å². The summed E-state index contributed by atoms with van der Waals surface area (Å²) < 4.78 is 11.1. The number of hydrogen-bond donors (Lipinski definition) is 1. The van der Waals surface area contributed by atoms with Gasteiger partial charge < -0.3 is 5.32 Å². The molecule has 0 fully saturated rings. The van der Waals surface area contributed by atoms with E-state index in [9.17, 15) is 4.21 Å². The van der Waals surface area contributed by atoms with Crippen LogP contribution in [0.15, 0.2) is 29.2 Å². The predicted molar refractivity (Wildman–Crippen MR) is 76.2 cm³/mol. The van der Waals surface area contributed by atoms with Crippen LogP contribution < -0.4 is 5.32 Å². The van der Waals surface area contributed by atoms with E-state index in [1.165, 1.54) is 10.5 Å². The molecule has 1 aromatic carbocycles. The average Bonchev–Trinajstić information content (AvgIpc) is 2.68. The van der Waals surface area contributed by atoms with Crippen LogP contribution in [0.2, 0.25) is 0 Å². The highest BCUT2D eigenvalue weighted by Crippen LogP contribution is 2.36. The lowest BCUT2D eigenvalue weighted by molar-refractivity contribution is 0.579. The van der Waals surface area contributed by atoms with Crippen LogP contribution in [-0.4, -0.2) is 34.1 Å². The van der Waals surface area contributed by atoms with Gasteiger partial charge in [0.2, 0.25) is 0 Å². The largest absolute Gasteiger partial charge is 0.312 e. The Morgan fingerprint density at radius 1 is 1.53 bits per heavy atom. The molecule has 17 heavy (non-hydrogen) atoms. The number of benzene rings is 1. The van der Waals surface area contributed by atoms with Crippen LogP contribution in [0.3, 0.4) is 0 Å². The molecule has 0 saturated carbocycles. The fourth-order valence-corrected chi connectivity index (χ4v) is 4.19. The van der Waals surface area contributed by atoms with Crippen molar-refractivity contribution in [1.29, 1.82) is 0 Å². The Balaban J connectivity index is 1.78. The molecule has 2 rings (SSSR count). The van der Waals surface area contributed by atoms with Crippen LogP contribution in [0.4, 0.5) is 0 Å². The zero-order chi connectivity index (χ0) is 12.3. The zero-order valence-corrected chi connectivity index (χ0v) is 11.9. The van der Waals surface area contributed by atoms with Crippen LogP contribution in [0.5, 0.6) is 0 Å². The van der Waals surface area contributed by atoms with Gasteiger partial charge in [-0.1, -0.05) is 18.2 Å². The lowest BCUT2D eigenvalue weighted by Crippen LogP contribution is -2.35. The monoisotopic (exact) mass is 269 g/mol. The molecular weight excluding hydrogens is 250 g/mol. The normalized spacial score (nSPS) is 22.1. The Morgan fingerprint density at radius 2 is 2.29 bits per heavy atom. The van der Waals surface area contributed by atoms with Gasteiger partial charge in [-0.05, 0) is 25.0 Å². The molecule has 1 heterocycles. The smallest absolute Gasteiger partial charge is 0.0383 e. The highest BCUT2D eigenvalue weighted by Gasteiger charge is 2.21. The second-order valence-electron chi connectivity index (χ2n) is 4.60. The lowest BCUT2D eigenvalue weighted by Gasteiger charge is -2.15. The molecule has 1 aliphatic heterocycles. The second kappa shape index (κ2) is 6.03. The van der Waals surface area contributed by atoms with Crippen LogP contribution >= 0.6 is 11.8 Å². The van der Waals surface area contributed by atoms with E-state index in [-0.39, 0.29) is 0 Å². The molecule has 1 N–H and O–H groups in total. The van der Waals surface area contributed by atoms with Gasteiger partial charge in [-0.2, -0.15) is 0 Å². The minimum absolute atomic E-state index is 0.338. The van der Waals surface area contributed by atoms with Gasteiger partial charge in [0.05, 0.1) is 0 Å². The van der Waals surface area contributed by atoms with Gasteiger partial charge >= 0.3 is 0 Å². The van der Waals surface area contributed by atoms with Gasteiger partial charge in [0.1, 0.15) is 0 Å². The van der Waals surface area contributed by atoms with E-state index in [2.05, 4.69) is 36.5 Å². The Kier molecular flexibility index (Phi) is 4.65. The molecule has 1 aromatic rings. The summed E-state index contributed by atoms with van der Waals surface area (Å²) in [7, 11) is -0.708. The first kappa shape index (κ1) is 13.1. The Hall–Kier alpha value is -0.320. The van der Waals surface area contributed by atoms with Crippen LogP contribution in [-0.2, 0) is 17.2 Å². The van der Waals surface area contributed by atoms with E-state index in [0.29, 0.717) is 11.3 Å². The molecule has 4 heteroatoms. The first-order chi connectivity index (χ1) is 8.15. The van der Waals surface area contributed by atoms with E-state index >= 15 is 0 Å². The van der Waals surface area contributed by atoms with Crippen molar-refractivity contribution >= 4 is 22.6 Å². The van der Waals surface area contributed by atoms with E-state index in [1.807, 2.05) is 11.8 Å². The third-order valence-corrected chi connectivity index (χ3v) is 5.18. The number of fused-ring (bicyclic) bond motifs is 1. The molecule has 0 bridgehead atoms. The minimum Gasteiger partial charge on any atom is -0.312 e. The maximum absolute atomic E-state index is 11.1. The van der Waals surface area contributed by atoms with Gasteiger partial charge in [-0.15, -0.1) is 11.8 Å². The van der Waals surface area contributed by atoms with E-state index in [4.69, 9.17) is 0 Å². The molecule has 94 valence electrons. The molecule has 3 unspecified atom stereocenters. The second-order valence-corrected chi connectivity index (χ2v) is 7.42. The maximum Gasteiger partial charge on any atom is 0.0383 e. The Morgan fingerprint density at radius 3 is 3.00 bits per heavy atom. The fourth-order valence-electron chi connectivity index (χ4n) is 2.11. The number of rotatable bonds is 5. The lowest BCUT2D eigenvalue weighted by atomic mass is 10.1. The van der Waals surface area contributed by atoms with Crippen LogP contribution in [0, 0.1) is 0 Å². The van der Waals surface area contributed by atoms with Gasteiger partial charge in [-0.3, -0.25) is 4.21 Å². The van der Waals surface area contributed by atoms with Crippen molar-refractivity contribution in [2.24, 2.45) is 0 Å². The topological polar surface area (TPSA) is 29.1 Å². The summed E-state index contributed by atoms with van der Waals surface area (Å²) in [6, 6.07) is 8.96. The number of hydrogen-bond acceptors (Lipinski definition) is 3. The summed E-state index contributed by atoms with van der Waals surface area (Å²) in [5.41, 5.74) is 1.47.